The lowest BCUT2D eigenvalue weighted by molar-refractivity contribution is -0.133. The van der Waals surface area contributed by atoms with Gasteiger partial charge in [0.25, 0.3) is 5.91 Å². The Kier molecular flexibility index (Phi) is 5.83. The van der Waals surface area contributed by atoms with Crippen molar-refractivity contribution in [3.05, 3.63) is 72.1 Å². The number of amides is 2. The van der Waals surface area contributed by atoms with Crippen LogP contribution in [0.15, 0.2) is 65.3 Å². The normalized spacial score (nSPS) is 20.8. The minimum absolute atomic E-state index is 0.0628. The summed E-state index contributed by atoms with van der Waals surface area (Å²) >= 11 is 0. The molecular formula is C27H31N3O3. The Morgan fingerprint density at radius 2 is 1.82 bits per heavy atom. The van der Waals surface area contributed by atoms with Gasteiger partial charge in [0.1, 0.15) is 17.0 Å². The first-order chi connectivity index (χ1) is 16.1. The molecule has 172 valence electrons. The second-order valence-electron chi connectivity index (χ2n) is 9.44. The van der Waals surface area contributed by atoms with Gasteiger partial charge in [0.05, 0.1) is 18.5 Å². The Bertz CT molecular complexity index is 1110. The molecule has 6 heteroatoms. The summed E-state index contributed by atoms with van der Waals surface area (Å²) in [5.41, 5.74) is 1.70. The van der Waals surface area contributed by atoms with Crippen molar-refractivity contribution in [2.45, 2.75) is 63.6 Å². The predicted octanol–water partition coefficient (Wildman–Crippen LogP) is 4.65. The van der Waals surface area contributed by atoms with Crippen LogP contribution in [0.5, 0.6) is 0 Å². The topological polar surface area (TPSA) is 67.5 Å². The molecule has 0 bridgehead atoms. The average Bonchev–Trinajstić information content (AvgIpc) is 3.58. The van der Waals surface area contributed by atoms with Gasteiger partial charge in [-0.1, -0.05) is 43.2 Å². The van der Waals surface area contributed by atoms with Crippen LogP contribution in [0.2, 0.25) is 0 Å². The van der Waals surface area contributed by atoms with Crippen LogP contribution >= 0.6 is 0 Å². The maximum absolute atomic E-state index is 13.7. The van der Waals surface area contributed by atoms with E-state index < -0.39 is 5.54 Å². The van der Waals surface area contributed by atoms with Crippen molar-refractivity contribution < 1.29 is 14.0 Å². The van der Waals surface area contributed by atoms with Crippen molar-refractivity contribution in [3.8, 4) is 11.5 Å². The van der Waals surface area contributed by atoms with Crippen LogP contribution in [0.4, 0.5) is 0 Å². The van der Waals surface area contributed by atoms with Gasteiger partial charge in [-0.05, 0) is 62.4 Å². The minimum atomic E-state index is -0.969. The van der Waals surface area contributed by atoms with Crippen LogP contribution < -0.4 is 5.32 Å². The van der Waals surface area contributed by atoms with Crippen molar-refractivity contribution in [3.63, 3.8) is 0 Å². The van der Waals surface area contributed by atoms with Gasteiger partial charge in [-0.15, -0.1) is 0 Å². The number of fused-ring (bicyclic) bond motifs is 1. The molecule has 0 spiro atoms. The zero-order valence-corrected chi connectivity index (χ0v) is 19.1. The molecule has 2 amide bonds. The van der Waals surface area contributed by atoms with Crippen LogP contribution in [0, 0.1) is 0 Å². The highest BCUT2D eigenvalue weighted by Gasteiger charge is 2.48. The molecule has 5 rings (SSSR count). The molecule has 1 fully saturated rings. The lowest BCUT2D eigenvalue weighted by atomic mass is 9.93. The van der Waals surface area contributed by atoms with Crippen molar-refractivity contribution in [1.29, 1.82) is 0 Å². The molecule has 1 N–H and O–H groups in total. The quantitative estimate of drug-likeness (QED) is 0.575. The molecule has 3 aromatic rings. The van der Waals surface area contributed by atoms with Crippen molar-refractivity contribution in [2.75, 3.05) is 6.54 Å². The number of carbonyl (C=O) groups excluding carboxylic acids is 2. The summed E-state index contributed by atoms with van der Waals surface area (Å²) in [4.78, 5) is 29.1. The molecule has 0 unspecified atom stereocenters. The third-order valence-electron chi connectivity index (χ3n) is 7.15. The van der Waals surface area contributed by atoms with E-state index in [-0.39, 0.29) is 17.9 Å². The number of carbonyl (C=O) groups is 2. The fraction of sp³-hybridized carbons (Fsp3) is 0.407. The number of aromatic nitrogens is 1. The highest BCUT2D eigenvalue weighted by Crippen LogP contribution is 2.34. The van der Waals surface area contributed by atoms with E-state index in [9.17, 15) is 9.59 Å². The summed E-state index contributed by atoms with van der Waals surface area (Å²) in [5, 5.41) is 3.26. The average molecular weight is 446 g/mol. The smallest absolute Gasteiger partial charge is 0.271 e. The molecule has 1 aliphatic carbocycles. The molecule has 3 heterocycles. The van der Waals surface area contributed by atoms with Gasteiger partial charge < -0.3 is 19.2 Å². The lowest BCUT2D eigenvalue weighted by Crippen LogP contribution is -2.65. The maximum atomic E-state index is 13.7. The summed E-state index contributed by atoms with van der Waals surface area (Å²) in [6.07, 6.45) is 7.60. The molecule has 6 nitrogen and oxygen atoms in total. The maximum Gasteiger partial charge on any atom is 0.271 e. The lowest BCUT2D eigenvalue weighted by Gasteiger charge is -2.44. The fourth-order valence-corrected chi connectivity index (χ4v) is 5.26. The number of aryl methyl sites for hydroxylation is 1. The van der Waals surface area contributed by atoms with E-state index in [0.717, 1.165) is 44.2 Å². The first kappa shape index (κ1) is 21.6. The monoisotopic (exact) mass is 445 g/mol. The van der Waals surface area contributed by atoms with Crippen LogP contribution in [-0.4, -0.2) is 39.4 Å². The highest BCUT2D eigenvalue weighted by atomic mass is 16.3. The molecule has 33 heavy (non-hydrogen) atoms. The van der Waals surface area contributed by atoms with Crippen LogP contribution in [0.1, 0.15) is 55.1 Å². The van der Waals surface area contributed by atoms with E-state index in [2.05, 4.69) is 17.4 Å². The largest absolute Gasteiger partial charge is 0.463 e. The first-order valence-electron chi connectivity index (χ1n) is 12.0. The van der Waals surface area contributed by atoms with Crippen LogP contribution in [-0.2, 0) is 17.8 Å². The third-order valence-corrected chi connectivity index (χ3v) is 7.15. The zero-order valence-electron chi connectivity index (χ0n) is 19.1. The highest BCUT2D eigenvalue weighted by molar-refractivity contribution is 6.00. The number of hydrogen-bond donors (Lipinski definition) is 1. The zero-order chi connectivity index (χ0) is 22.8. The standard InChI is InChI=1S/C27H31N3O3/c1-27(26(32)28-21-12-5-6-13-21)19-29-22(24-14-8-18-33-24)15-16-23(29)25(31)30(27)17-7-11-20-9-3-2-4-10-20/h2-4,8-10,14-16,18,21H,5-7,11-13,17,19H2,1H3,(H,28,32)/t27-/m1/s1. The second kappa shape index (κ2) is 8.93. The van der Waals surface area contributed by atoms with Gasteiger partial charge in [0.2, 0.25) is 5.91 Å². The van der Waals surface area contributed by atoms with Crippen molar-refractivity contribution in [1.82, 2.24) is 14.8 Å². The van der Waals surface area contributed by atoms with Crippen LogP contribution in [0.25, 0.3) is 11.5 Å². The summed E-state index contributed by atoms with van der Waals surface area (Å²) < 4.78 is 7.56. The molecule has 0 radical (unpaired) electrons. The van der Waals surface area contributed by atoms with Gasteiger partial charge >= 0.3 is 0 Å². The number of benzene rings is 1. The van der Waals surface area contributed by atoms with Crippen molar-refractivity contribution in [2.24, 2.45) is 0 Å². The Hall–Kier alpha value is -3.28. The molecule has 1 aliphatic heterocycles. The van der Waals surface area contributed by atoms with E-state index in [0.29, 0.717) is 24.5 Å². The summed E-state index contributed by atoms with van der Waals surface area (Å²) in [6.45, 7) is 2.84. The molecule has 1 saturated carbocycles. The van der Waals surface area contributed by atoms with Crippen molar-refractivity contribution >= 4 is 11.8 Å². The van der Waals surface area contributed by atoms with Gasteiger partial charge in [-0.25, -0.2) is 0 Å². The number of nitrogens with zero attached hydrogens (tertiary/aromatic N) is 2. The number of hydrogen-bond acceptors (Lipinski definition) is 3. The van der Waals surface area contributed by atoms with Gasteiger partial charge in [0.15, 0.2) is 0 Å². The molecule has 2 aromatic heterocycles. The second-order valence-corrected chi connectivity index (χ2v) is 9.44. The molecule has 0 saturated heterocycles. The Morgan fingerprint density at radius 1 is 1.06 bits per heavy atom. The summed E-state index contributed by atoms with van der Waals surface area (Å²) in [7, 11) is 0. The molecule has 1 atom stereocenters. The van der Waals surface area contributed by atoms with Gasteiger partial charge in [-0.2, -0.15) is 0 Å². The van der Waals surface area contributed by atoms with Gasteiger partial charge in [-0.3, -0.25) is 9.59 Å². The number of rotatable bonds is 7. The van der Waals surface area contributed by atoms with Crippen LogP contribution in [0.3, 0.4) is 0 Å². The SMILES string of the molecule is C[C@]1(C(=O)NC2CCCC2)Cn2c(ccc2-c2ccco2)C(=O)N1CCCc1ccccc1. The van der Waals surface area contributed by atoms with E-state index in [1.54, 1.807) is 11.2 Å². The van der Waals surface area contributed by atoms with Gasteiger partial charge in [0, 0.05) is 12.6 Å². The van der Waals surface area contributed by atoms with E-state index in [1.807, 2.05) is 54.0 Å². The third kappa shape index (κ3) is 4.10. The first-order valence-corrected chi connectivity index (χ1v) is 12.0. The number of nitrogens with one attached hydrogen (secondary N) is 1. The Morgan fingerprint density at radius 3 is 2.55 bits per heavy atom. The molecule has 2 aliphatic rings. The summed E-state index contributed by atoms with van der Waals surface area (Å²) in [6, 6.07) is 18.0. The Labute approximate surface area is 194 Å². The molecule has 1 aromatic carbocycles. The fourth-order valence-electron chi connectivity index (χ4n) is 5.26. The predicted molar refractivity (Wildman–Crippen MR) is 127 cm³/mol. The van der Waals surface area contributed by atoms with E-state index in [4.69, 9.17) is 4.42 Å². The summed E-state index contributed by atoms with van der Waals surface area (Å²) in [5.74, 6) is 0.536. The van der Waals surface area contributed by atoms with E-state index in [1.165, 1.54) is 5.56 Å². The number of furan rings is 1. The molecular weight excluding hydrogens is 414 g/mol. The Balaban J connectivity index is 1.44. The minimum Gasteiger partial charge on any atom is -0.463 e. The van der Waals surface area contributed by atoms with E-state index >= 15 is 0 Å².